The minimum atomic E-state index is -0.937. The Hall–Kier alpha value is -2.38. The molecule has 2 amide bonds. The van der Waals surface area contributed by atoms with Crippen LogP contribution in [0.4, 0.5) is 0 Å². The van der Waals surface area contributed by atoms with Gasteiger partial charge < -0.3 is 25.2 Å². The lowest BCUT2D eigenvalue weighted by molar-refractivity contribution is -0.140. The topological polar surface area (TPSA) is 99.1 Å². The molecular weight excluding hydrogens is 408 g/mol. The van der Waals surface area contributed by atoms with Gasteiger partial charge in [-0.2, -0.15) is 0 Å². The summed E-state index contributed by atoms with van der Waals surface area (Å²) in [5.41, 5.74) is 1.36. The third-order valence-corrected chi connectivity index (χ3v) is 6.95. The van der Waals surface area contributed by atoms with Crippen LogP contribution in [0.5, 0.6) is 5.75 Å². The van der Waals surface area contributed by atoms with Gasteiger partial charge in [-0.1, -0.05) is 44.4 Å². The first-order valence-corrected chi connectivity index (χ1v) is 11.9. The van der Waals surface area contributed by atoms with Gasteiger partial charge in [0.25, 0.3) is 0 Å². The first kappa shape index (κ1) is 22.8. The predicted octanol–water partition coefficient (Wildman–Crippen LogP) is 2.27. The molecule has 1 aromatic carbocycles. The summed E-state index contributed by atoms with van der Waals surface area (Å²) < 4.78 is 6.15. The quantitative estimate of drug-likeness (QED) is 0.574. The second-order valence-electron chi connectivity index (χ2n) is 9.02. The summed E-state index contributed by atoms with van der Waals surface area (Å²) in [6.07, 6.45) is 6.31. The Morgan fingerprint density at radius 2 is 1.97 bits per heavy atom. The largest absolute Gasteiger partial charge is 0.486 e. The highest BCUT2D eigenvalue weighted by Crippen LogP contribution is 2.47. The minimum Gasteiger partial charge on any atom is -0.486 e. The fourth-order valence-corrected chi connectivity index (χ4v) is 5.41. The monoisotopic (exact) mass is 442 g/mol. The number of nitrogens with one attached hydrogen (secondary N) is 1. The Balaban J connectivity index is 1.73. The van der Waals surface area contributed by atoms with E-state index in [0.29, 0.717) is 17.7 Å². The molecule has 1 fully saturated rings. The first-order valence-electron chi connectivity index (χ1n) is 11.9. The van der Waals surface area contributed by atoms with Crippen LogP contribution in [0, 0.1) is 0 Å². The molecule has 1 heterocycles. The average Bonchev–Trinajstić information content (AvgIpc) is 3.46. The van der Waals surface area contributed by atoms with E-state index in [4.69, 9.17) is 4.74 Å². The van der Waals surface area contributed by atoms with Crippen LogP contribution < -0.4 is 10.1 Å². The van der Waals surface area contributed by atoms with Gasteiger partial charge in [0.2, 0.25) is 11.8 Å². The summed E-state index contributed by atoms with van der Waals surface area (Å²) in [6, 6.07) is 6.98. The molecular formula is C25H34N2O5. The van der Waals surface area contributed by atoms with Gasteiger partial charge in [-0.25, -0.2) is 0 Å². The highest BCUT2D eigenvalue weighted by molar-refractivity contribution is 5.96. The Morgan fingerprint density at radius 1 is 1.22 bits per heavy atom. The molecule has 0 unspecified atom stereocenters. The molecule has 7 nitrogen and oxygen atoms in total. The number of hydrogen-bond acceptors (Lipinski definition) is 5. The highest BCUT2D eigenvalue weighted by Gasteiger charge is 2.51. The zero-order chi connectivity index (χ0) is 22.7. The van der Waals surface area contributed by atoms with Crippen molar-refractivity contribution in [1.29, 1.82) is 0 Å². The van der Waals surface area contributed by atoms with Gasteiger partial charge in [0.1, 0.15) is 18.0 Å². The van der Waals surface area contributed by atoms with E-state index in [2.05, 4.69) is 12.2 Å². The second kappa shape index (κ2) is 10.0. The van der Waals surface area contributed by atoms with Crippen LogP contribution in [0.25, 0.3) is 0 Å². The summed E-state index contributed by atoms with van der Waals surface area (Å²) in [5.74, 6) is -0.0122. The van der Waals surface area contributed by atoms with Crippen molar-refractivity contribution in [3.05, 3.63) is 41.5 Å². The summed E-state index contributed by atoms with van der Waals surface area (Å²) >= 11 is 0. The van der Waals surface area contributed by atoms with Gasteiger partial charge in [0, 0.05) is 30.1 Å². The first-order chi connectivity index (χ1) is 15.6. The summed E-state index contributed by atoms with van der Waals surface area (Å²) in [7, 11) is 0. The fourth-order valence-electron chi connectivity index (χ4n) is 5.41. The molecule has 0 bridgehead atoms. The maximum Gasteiger partial charge on any atom is 0.247 e. The molecule has 1 aliphatic heterocycles. The average molecular weight is 443 g/mol. The Labute approximate surface area is 189 Å². The maximum atomic E-state index is 13.3. The van der Waals surface area contributed by atoms with Crippen LogP contribution in [-0.2, 0) is 9.59 Å². The number of para-hydroxylation sites is 1. The van der Waals surface area contributed by atoms with E-state index in [1.807, 2.05) is 29.2 Å². The van der Waals surface area contributed by atoms with Crippen molar-refractivity contribution in [3.63, 3.8) is 0 Å². The second-order valence-corrected chi connectivity index (χ2v) is 9.02. The third-order valence-electron chi connectivity index (χ3n) is 6.95. The molecule has 174 valence electrons. The van der Waals surface area contributed by atoms with E-state index >= 15 is 0 Å². The number of unbranched alkanes of at least 4 members (excludes halogenated alkanes) is 1. The van der Waals surface area contributed by atoms with E-state index in [1.54, 1.807) is 6.08 Å². The zero-order valence-corrected chi connectivity index (χ0v) is 18.7. The molecule has 7 heteroatoms. The van der Waals surface area contributed by atoms with Crippen molar-refractivity contribution >= 4 is 11.8 Å². The van der Waals surface area contributed by atoms with Gasteiger partial charge >= 0.3 is 0 Å². The standard InChI is InChI=1S/C25H34N2O5/c1-2-3-12-21(29)27(16-8-4-5-9-16)19-15-18(25(31)26-13-14-28)22-17-10-6-7-11-20(17)32-24(22)23(19)30/h6-7,10-11,15-16,19,22-24,28,30H,2-5,8-9,12-14H2,1H3,(H,26,31)/t19-,22+,23+,24+/m1/s1. The molecule has 3 aliphatic rings. The molecule has 1 aromatic rings. The van der Waals surface area contributed by atoms with Crippen LogP contribution in [0.2, 0.25) is 0 Å². The van der Waals surface area contributed by atoms with Crippen molar-refractivity contribution in [2.24, 2.45) is 0 Å². The van der Waals surface area contributed by atoms with Gasteiger partial charge in [0.15, 0.2) is 0 Å². The van der Waals surface area contributed by atoms with Gasteiger partial charge in [-0.05, 0) is 31.4 Å². The van der Waals surface area contributed by atoms with E-state index in [1.165, 1.54) is 0 Å². The lowest BCUT2D eigenvalue weighted by Crippen LogP contribution is -2.58. The van der Waals surface area contributed by atoms with E-state index in [-0.39, 0.29) is 31.0 Å². The number of rotatable bonds is 8. The number of aliphatic hydroxyl groups excluding tert-OH is 2. The summed E-state index contributed by atoms with van der Waals surface area (Å²) in [5, 5.41) is 23.4. The minimum absolute atomic E-state index is 0.0307. The number of carbonyl (C=O) groups excluding carboxylic acids is 2. The van der Waals surface area contributed by atoms with Crippen molar-refractivity contribution in [1.82, 2.24) is 10.2 Å². The van der Waals surface area contributed by atoms with Crippen LogP contribution in [0.15, 0.2) is 35.9 Å². The lowest BCUT2D eigenvalue weighted by atomic mass is 9.77. The lowest BCUT2D eigenvalue weighted by Gasteiger charge is -2.43. The molecule has 0 saturated heterocycles. The number of carbonyl (C=O) groups is 2. The summed E-state index contributed by atoms with van der Waals surface area (Å²) in [4.78, 5) is 28.3. The molecule has 2 aliphatic carbocycles. The molecule has 3 N–H and O–H groups in total. The van der Waals surface area contributed by atoms with Crippen LogP contribution in [0.1, 0.15) is 63.4 Å². The molecule has 0 aromatic heterocycles. The molecule has 1 saturated carbocycles. The van der Waals surface area contributed by atoms with Crippen LogP contribution in [0.3, 0.4) is 0 Å². The fraction of sp³-hybridized carbons (Fsp3) is 0.600. The molecule has 0 spiro atoms. The van der Waals surface area contributed by atoms with E-state index in [0.717, 1.165) is 44.1 Å². The number of ether oxygens (including phenoxy) is 1. The number of amides is 2. The van der Waals surface area contributed by atoms with Crippen molar-refractivity contribution < 1.29 is 24.5 Å². The molecule has 0 radical (unpaired) electrons. The molecule has 4 rings (SSSR count). The SMILES string of the molecule is CCCCC(=O)N(C1CCCC1)[C@@H]1C=C(C(=O)NCCO)[C@@H]2c3ccccc3O[C@@H]2[C@H]1O. The number of fused-ring (bicyclic) bond motifs is 3. The van der Waals surface area contributed by atoms with Gasteiger partial charge in [-0.3, -0.25) is 9.59 Å². The maximum absolute atomic E-state index is 13.3. The number of hydrogen-bond donors (Lipinski definition) is 3. The molecule has 32 heavy (non-hydrogen) atoms. The van der Waals surface area contributed by atoms with E-state index < -0.39 is 24.2 Å². The van der Waals surface area contributed by atoms with Gasteiger partial charge in [0.05, 0.1) is 18.6 Å². The third kappa shape index (κ3) is 4.28. The smallest absolute Gasteiger partial charge is 0.247 e. The number of aliphatic hydroxyl groups is 2. The number of nitrogens with zero attached hydrogens (tertiary/aromatic N) is 1. The van der Waals surface area contributed by atoms with Crippen LogP contribution in [-0.4, -0.2) is 64.4 Å². The van der Waals surface area contributed by atoms with E-state index in [9.17, 15) is 19.8 Å². The predicted molar refractivity (Wildman–Crippen MR) is 120 cm³/mol. The summed E-state index contributed by atoms with van der Waals surface area (Å²) in [6.45, 7) is 2.04. The van der Waals surface area contributed by atoms with Crippen molar-refractivity contribution in [2.75, 3.05) is 13.2 Å². The number of benzene rings is 1. The zero-order valence-electron chi connectivity index (χ0n) is 18.7. The Morgan fingerprint density at radius 3 is 2.69 bits per heavy atom. The van der Waals surface area contributed by atoms with Crippen molar-refractivity contribution in [2.45, 2.75) is 82.1 Å². The Bertz CT molecular complexity index is 864. The normalized spacial score (nSPS) is 26.7. The van der Waals surface area contributed by atoms with Crippen LogP contribution >= 0.6 is 0 Å². The highest BCUT2D eigenvalue weighted by atomic mass is 16.5. The Kier molecular flexibility index (Phi) is 7.16. The van der Waals surface area contributed by atoms with Crippen molar-refractivity contribution in [3.8, 4) is 5.75 Å². The molecule has 4 atom stereocenters. The van der Waals surface area contributed by atoms with Gasteiger partial charge in [-0.15, -0.1) is 0 Å².